The molecule has 1 aromatic heterocycles. The minimum Gasteiger partial charge on any atom is -1.00 e. The van der Waals surface area contributed by atoms with E-state index in [0.717, 1.165) is 5.56 Å². The average Bonchev–Trinajstić information content (AvgIpc) is 2.57. The van der Waals surface area contributed by atoms with Gasteiger partial charge >= 0.3 is 0 Å². The summed E-state index contributed by atoms with van der Waals surface area (Å²) in [6.07, 6.45) is 0. The normalized spacial score (nSPS) is 9.23. The molecule has 0 aliphatic carbocycles. The molecule has 3 N–H and O–H groups in total. The van der Waals surface area contributed by atoms with Gasteiger partial charge in [-0.3, -0.25) is 0 Å². The van der Waals surface area contributed by atoms with Crippen molar-refractivity contribution in [3.8, 4) is 11.4 Å². The lowest BCUT2D eigenvalue weighted by Crippen LogP contribution is -3.00. The van der Waals surface area contributed by atoms with Gasteiger partial charge in [-0.2, -0.15) is 5.21 Å². The molecule has 0 aliphatic rings. The Kier molecular flexibility index (Phi) is 2.81. The monoisotopic (exact) mass is 196 g/mol. The second-order valence-corrected chi connectivity index (χ2v) is 2.32. The summed E-state index contributed by atoms with van der Waals surface area (Å²) >= 11 is 0. The number of nitrogens with two attached hydrogens (primary N) is 1. The third-order valence-electron chi connectivity index (χ3n) is 1.55. The highest BCUT2D eigenvalue weighted by Crippen LogP contribution is 2.19. The van der Waals surface area contributed by atoms with Crippen LogP contribution in [0.1, 0.15) is 0 Å². The van der Waals surface area contributed by atoms with Crippen LogP contribution in [-0.4, -0.2) is 20.6 Å². The molecular formula is C7H7ClN5-. The quantitative estimate of drug-likeness (QED) is 0.493. The second kappa shape index (κ2) is 3.86. The summed E-state index contributed by atoms with van der Waals surface area (Å²) in [6, 6.07) is 7.38. The van der Waals surface area contributed by atoms with E-state index in [-0.39, 0.29) is 12.4 Å². The molecule has 0 aliphatic heterocycles. The SMILES string of the molecule is Nc1ccccc1-c1nn[nH]n1.[Cl-]. The fraction of sp³-hybridized carbons (Fsp3) is 0. The van der Waals surface area contributed by atoms with Crippen LogP contribution in [-0.2, 0) is 0 Å². The van der Waals surface area contributed by atoms with Gasteiger partial charge in [-0.25, -0.2) is 0 Å². The number of anilines is 1. The summed E-state index contributed by atoms with van der Waals surface area (Å²) in [7, 11) is 0. The molecular weight excluding hydrogens is 190 g/mol. The number of rotatable bonds is 1. The molecule has 0 saturated carbocycles. The van der Waals surface area contributed by atoms with Crippen molar-refractivity contribution in [1.29, 1.82) is 0 Å². The molecule has 5 nitrogen and oxygen atoms in total. The van der Waals surface area contributed by atoms with Gasteiger partial charge in [0.2, 0.25) is 5.82 Å². The number of benzene rings is 1. The van der Waals surface area contributed by atoms with Gasteiger partial charge in [0.05, 0.1) is 0 Å². The summed E-state index contributed by atoms with van der Waals surface area (Å²) in [6.45, 7) is 0. The number of H-pyrrole nitrogens is 1. The highest BCUT2D eigenvalue weighted by atomic mass is 35.5. The van der Waals surface area contributed by atoms with Crippen LogP contribution in [0.2, 0.25) is 0 Å². The van der Waals surface area contributed by atoms with Crippen molar-refractivity contribution in [3.05, 3.63) is 24.3 Å². The third kappa shape index (κ3) is 1.75. The molecule has 0 bridgehead atoms. The Bertz CT molecular complexity index is 372. The Balaban J connectivity index is 0.000000845. The minimum absolute atomic E-state index is 0. The van der Waals surface area contributed by atoms with Gasteiger partial charge in [-0.15, -0.1) is 10.2 Å². The van der Waals surface area contributed by atoms with Crippen molar-refractivity contribution in [2.24, 2.45) is 0 Å². The van der Waals surface area contributed by atoms with E-state index in [4.69, 9.17) is 5.73 Å². The molecule has 68 valence electrons. The van der Waals surface area contributed by atoms with Crippen LogP contribution in [0.3, 0.4) is 0 Å². The Morgan fingerprint density at radius 3 is 2.62 bits per heavy atom. The first-order valence-electron chi connectivity index (χ1n) is 3.46. The van der Waals surface area contributed by atoms with Crippen LogP contribution >= 0.6 is 0 Å². The van der Waals surface area contributed by atoms with Gasteiger partial charge < -0.3 is 18.1 Å². The van der Waals surface area contributed by atoms with Crippen molar-refractivity contribution in [2.45, 2.75) is 0 Å². The highest BCUT2D eigenvalue weighted by molar-refractivity contribution is 5.70. The molecule has 0 amide bonds. The first kappa shape index (κ1) is 9.47. The van der Waals surface area contributed by atoms with E-state index < -0.39 is 0 Å². The van der Waals surface area contributed by atoms with Crippen LogP contribution in [0.4, 0.5) is 5.69 Å². The molecule has 6 heteroatoms. The lowest BCUT2D eigenvalue weighted by Gasteiger charge is -1.97. The number of hydrogen-bond acceptors (Lipinski definition) is 4. The smallest absolute Gasteiger partial charge is 0.206 e. The lowest BCUT2D eigenvalue weighted by atomic mass is 10.2. The zero-order valence-corrected chi connectivity index (χ0v) is 7.36. The Morgan fingerprint density at radius 1 is 1.23 bits per heavy atom. The number of para-hydroxylation sites is 1. The van der Waals surface area contributed by atoms with Crippen LogP contribution in [0, 0.1) is 0 Å². The molecule has 0 atom stereocenters. The second-order valence-electron chi connectivity index (χ2n) is 2.32. The summed E-state index contributed by atoms with van der Waals surface area (Å²) in [5.74, 6) is 0.521. The van der Waals surface area contributed by atoms with Crippen molar-refractivity contribution in [3.63, 3.8) is 0 Å². The van der Waals surface area contributed by atoms with Crippen LogP contribution in [0.15, 0.2) is 24.3 Å². The number of halogens is 1. The molecule has 0 unspecified atom stereocenters. The molecule has 0 saturated heterocycles. The van der Waals surface area contributed by atoms with Gasteiger partial charge in [0.25, 0.3) is 0 Å². The van der Waals surface area contributed by atoms with Gasteiger partial charge in [0.1, 0.15) is 0 Å². The summed E-state index contributed by atoms with van der Waals surface area (Å²) in [4.78, 5) is 0. The fourth-order valence-electron chi connectivity index (χ4n) is 0.977. The van der Waals surface area contributed by atoms with E-state index in [2.05, 4.69) is 20.6 Å². The number of hydrogen-bond donors (Lipinski definition) is 2. The summed E-state index contributed by atoms with van der Waals surface area (Å²) < 4.78 is 0. The standard InChI is InChI=1S/C7H7N5.ClH/c8-6-4-2-1-3-5(6)7-9-11-12-10-7;/h1-4H,8H2,(H,9,10,11,12);1H/p-1. The topological polar surface area (TPSA) is 80.5 Å². The zero-order chi connectivity index (χ0) is 8.39. The molecule has 2 aromatic rings. The van der Waals surface area contributed by atoms with E-state index in [1.54, 1.807) is 6.07 Å². The molecule has 1 aromatic carbocycles. The highest BCUT2D eigenvalue weighted by Gasteiger charge is 2.04. The van der Waals surface area contributed by atoms with E-state index in [0.29, 0.717) is 11.5 Å². The molecule has 0 radical (unpaired) electrons. The Labute approximate surface area is 80.8 Å². The van der Waals surface area contributed by atoms with Crippen molar-refractivity contribution in [2.75, 3.05) is 5.73 Å². The maximum atomic E-state index is 5.69. The molecule has 2 rings (SSSR count). The predicted octanol–water partition coefficient (Wildman–Crippen LogP) is -2.55. The van der Waals surface area contributed by atoms with Crippen molar-refractivity contribution >= 4 is 5.69 Å². The van der Waals surface area contributed by atoms with Crippen LogP contribution in [0.25, 0.3) is 11.4 Å². The van der Waals surface area contributed by atoms with Gasteiger partial charge in [-0.1, -0.05) is 12.1 Å². The largest absolute Gasteiger partial charge is 1.00 e. The molecule has 0 spiro atoms. The zero-order valence-electron chi connectivity index (χ0n) is 6.61. The number of nitrogen functional groups attached to an aromatic ring is 1. The number of aromatic nitrogens is 4. The number of aromatic amines is 1. The van der Waals surface area contributed by atoms with Gasteiger partial charge in [0.15, 0.2) is 0 Å². The van der Waals surface area contributed by atoms with Gasteiger partial charge in [-0.05, 0) is 17.3 Å². The fourth-order valence-corrected chi connectivity index (χ4v) is 0.977. The lowest BCUT2D eigenvalue weighted by molar-refractivity contribution is -0.00000264. The van der Waals surface area contributed by atoms with Crippen LogP contribution < -0.4 is 18.1 Å². The minimum atomic E-state index is 0. The van der Waals surface area contributed by atoms with E-state index in [1.807, 2.05) is 18.2 Å². The van der Waals surface area contributed by atoms with E-state index in [9.17, 15) is 0 Å². The van der Waals surface area contributed by atoms with Crippen molar-refractivity contribution < 1.29 is 12.4 Å². The van der Waals surface area contributed by atoms with E-state index >= 15 is 0 Å². The number of nitrogens with one attached hydrogen (secondary N) is 1. The van der Waals surface area contributed by atoms with E-state index in [1.165, 1.54) is 0 Å². The predicted molar refractivity (Wildman–Crippen MR) is 44.0 cm³/mol. The Morgan fingerprint density at radius 2 is 2.00 bits per heavy atom. The maximum Gasteiger partial charge on any atom is 0.206 e. The first-order chi connectivity index (χ1) is 5.88. The molecule has 0 fully saturated rings. The number of tetrazole rings is 1. The third-order valence-corrected chi connectivity index (χ3v) is 1.55. The first-order valence-corrected chi connectivity index (χ1v) is 3.46. The maximum absolute atomic E-state index is 5.69. The number of nitrogens with zero attached hydrogens (tertiary/aromatic N) is 3. The molecule has 1 heterocycles. The molecule has 13 heavy (non-hydrogen) atoms. The average molecular weight is 197 g/mol. The summed E-state index contributed by atoms with van der Waals surface area (Å²) in [5.41, 5.74) is 7.14. The Hall–Kier alpha value is -1.62. The van der Waals surface area contributed by atoms with Gasteiger partial charge in [0, 0.05) is 11.3 Å². The van der Waals surface area contributed by atoms with Crippen molar-refractivity contribution in [1.82, 2.24) is 20.6 Å². The summed E-state index contributed by atoms with van der Waals surface area (Å²) in [5, 5.41) is 13.5. The van der Waals surface area contributed by atoms with Crippen LogP contribution in [0.5, 0.6) is 0 Å².